The van der Waals surface area contributed by atoms with Gasteiger partial charge in [0.25, 0.3) is 5.91 Å². The Hall–Kier alpha value is -3.13. The lowest BCUT2D eigenvalue weighted by atomic mass is 10.2. The highest BCUT2D eigenvalue weighted by atomic mass is 16.2. The first-order valence-corrected chi connectivity index (χ1v) is 8.90. The van der Waals surface area contributed by atoms with Crippen LogP contribution in [0.15, 0.2) is 54.9 Å². The van der Waals surface area contributed by atoms with E-state index >= 15 is 0 Å². The second-order valence-corrected chi connectivity index (χ2v) is 6.12. The summed E-state index contributed by atoms with van der Waals surface area (Å²) in [6.45, 7) is 1.56. The van der Waals surface area contributed by atoms with Crippen LogP contribution in [0, 0.1) is 12.3 Å². The Bertz CT molecular complexity index is 861. The summed E-state index contributed by atoms with van der Waals surface area (Å²) in [5.74, 6) is 2.48. The minimum absolute atomic E-state index is 0.0784. The van der Waals surface area contributed by atoms with Gasteiger partial charge in [-0.25, -0.2) is 9.50 Å². The van der Waals surface area contributed by atoms with Gasteiger partial charge in [0.15, 0.2) is 11.3 Å². The lowest BCUT2D eigenvalue weighted by Crippen LogP contribution is -2.32. The minimum Gasteiger partial charge on any atom is -0.337 e. The number of hydrogen-bond donors (Lipinski definition) is 0. The fourth-order valence-corrected chi connectivity index (χ4v) is 2.98. The standard InChI is InChI=1S/C15H16N4O.C6H6/c1-2-12-13(17-19-11-7-8-16-14(12)19)15(20)18-9-5-3-4-6-10-18;1-2-4-6-5-3-1/h1,7-8,11H,3-6,9-10H2;1-6H. The Morgan fingerprint density at radius 3 is 2.15 bits per heavy atom. The molecule has 1 aliphatic heterocycles. The van der Waals surface area contributed by atoms with Crippen molar-refractivity contribution in [3.05, 3.63) is 66.1 Å². The number of carbonyl (C=O) groups excluding carboxylic acids is 1. The molecular weight excluding hydrogens is 324 g/mol. The zero-order valence-electron chi connectivity index (χ0n) is 14.7. The summed E-state index contributed by atoms with van der Waals surface area (Å²) < 4.78 is 1.57. The average molecular weight is 346 g/mol. The van der Waals surface area contributed by atoms with E-state index < -0.39 is 0 Å². The van der Waals surface area contributed by atoms with E-state index in [0.29, 0.717) is 16.9 Å². The van der Waals surface area contributed by atoms with E-state index in [1.54, 1.807) is 23.0 Å². The average Bonchev–Trinajstić information content (AvgIpc) is 2.87. The number of likely N-dealkylation sites (tertiary alicyclic amines) is 1. The number of aromatic nitrogens is 3. The van der Waals surface area contributed by atoms with Crippen molar-refractivity contribution in [2.45, 2.75) is 25.7 Å². The van der Waals surface area contributed by atoms with Crippen molar-refractivity contribution in [3.63, 3.8) is 0 Å². The fourth-order valence-electron chi connectivity index (χ4n) is 2.98. The molecule has 0 aliphatic carbocycles. The summed E-state index contributed by atoms with van der Waals surface area (Å²) in [4.78, 5) is 18.7. The molecule has 0 atom stereocenters. The van der Waals surface area contributed by atoms with Gasteiger partial charge in [0.05, 0.1) is 0 Å². The molecule has 132 valence electrons. The lowest BCUT2D eigenvalue weighted by molar-refractivity contribution is 0.0755. The highest BCUT2D eigenvalue weighted by Gasteiger charge is 2.24. The number of carbonyl (C=O) groups is 1. The van der Waals surface area contributed by atoms with Gasteiger partial charge < -0.3 is 4.90 Å². The van der Waals surface area contributed by atoms with E-state index in [1.165, 1.54) is 12.8 Å². The number of amides is 1. The van der Waals surface area contributed by atoms with Crippen LogP contribution in [0.5, 0.6) is 0 Å². The van der Waals surface area contributed by atoms with E-state index in [0.717, 1.165) is 25.9 Å². The number of rotatable bonds is 1. The molecule has 1 aromatic carbocycles. The van der Waals surface area contributed by atoms with Crippen LogP contribution >= 0.6 is 0 Å². The third-order valence-electron chi connectivity index (χ3n) is 4.30. The number of nitrogens with zero attached hydrogens (tertiary/aromatic N) is 4. The first kappa shape index (κ1) is 17.7. The summed E-state index contributed by atoms with van der Waals surface area (Å²) in [6.07, 6.45) is 13.4. The van der Waals surface area contributed by atoms with E-state index in [-0.39, 0.29) is 5.91 Å². The molecule has 0 saturated carbocycles. The van der Waals surface area contributed by atoms with Crippen molar-refractivity contribution in [2.75, 3.05) is 13.1 Å². The van der Waals surface area contributed by atoms with Gasteiger partial charge in [0.2, 0.25) is 0 Å². The third-order valence-corrected chi connectivity index (χ3v) is 4.30. The molecule has 2 aromatic heterocycles. The van der Waals surface area contributed by atoms with Crippen LogP contribution in [0.3, 0.4) is 0 Å². The highest BCUT2D eigenvalue weighted by molar-refractivity contribution is 5.96. The Morgan fingerprint density at radius 2 is 1.58 bits per heavy atom. The van der Waals surface area contributed by atoms with Gasteiger partial charge in [0.1, 0.15) is 5.56 Å². The second kappa shape index (κ2) is 8.82. The van der Waals surface area contributed by atoms with Crippen LogP contribution in [0.4, 0.5) is 0 Å². The second-order valence-electron chi connectivity index (χ2n) is 6.12. The van der Waals surface area contributed by atoms with Crippen LogP contribution in [0.2, 0.25) is 0 Å². The summed E-state index contributed by atoms with van der Waals surface area (Å²) in [6, 6.07) is 13.8. The molecule has 26 heavy (non-hydrogen) atoms. The molecule has 3 heterocycles. The van der Waals surface area contributed by atoms with Gasteiger partial charge in [-0.1, -0.05) is 55.2 Å². The molecule has 0 bridgehead atoms. The van der Waals surface area contributed by atoms with Crippen molar-refractivity contribution in [3.8, 4) is 12.3 Å². The van der Waals surface area contributed by atoms with Crippen molar-refractivity contribution in [1.82, 2.24) is 19.5 Å². The first-order chi connectivity index (χ1) is 12.8. The summed E-state index contributed by atoms with van der Waals surface area (Å²) in [7, 11) is 0. The van der Waals surface area contributed by atoms with E-state index in [4.69, 9.17) is 6.42 Å². The molecule has 0 unspecified atom stereocenters. The summed E-state index contributed by atoms with van der Waals surface area (Å²) in [5.41, 5.74) is 1.39. The molecule has 4 rings (SSSR count). The molecule has 5 heteroatoms. The van der Waals surface area contributed by atoms with E-state index in [2.05, 4.69) is 16.0 Å². The minimum atomic E-state index is -0.0784. The molecule has 1 aliphatic rings. The van der Waals surface area contributed by atoms with Gasteiger partial charge in [-0.2, -0.15) is 5.10 Å². The largest absolute Gasteiger partial charge is 0.337 e. The van der Waals surface area contributed by atoms with Gasteiger partial charge in [-0.05, 0) is 18.9 Å². The molecule has 1 amide bonds. The van der Waals surface area contributed by atoms with Crippen LogP contribution < -0.4 is 0 Å². The van der Waals surface area contributed by atoms with E-state index in [9.17, 15) is 4.79 Å². The summed E-state index contributed by atoms with van der Waals surface area (Å²) >= 11 is 0. The molecule has 1 saturated heterocycles. The lowest BCUT2D eigenvalue weighted by Gasteiger charge is -2.18. The normalized spacial score (nSPS) is 14.0. The quantitative estimate of drug-likeness (QED) is 0.635. The smallest absolute Gasteiger partial charge is 0.275 e. The Morgan fingerprint density at radius 1 is 0.962 bits per heavy atom. The predicted octanol–water partition coefficient (Wildman–Crippen LogP) is 3.41. The van der Waals surface area contributed by atoms with Crippen molar-refractivity contribution in [1.29, 1.82) is 0 Å². The maximum atomic E-state index is 12.6. The van der Waals surface area contributed by atoms with Crippen LogP contribution in [0.1, 0.15) is 41.7 Å². The van der Waals surface area contributed by atoms with Gasteiger partial charge >= 0.3 is 0 Å². The molecular formula is C21H22N4O. The monoisotopic (exact) mass is 346 g/mol. The van der Waals surface area contributed by atoms with Gasteiger partial charge in [-0.3, -0.25) is 4.79 Å². The van der Waals surface area contributed by atoms with Crippen molar-refractivity contribution in [2.24, 2.45) is 0 Å². The van der Waals surface area contributed by atoms with Gasteiger partial charge in [-0.15, -0.1) is 6.42 Å². The predicted molar refractivity (Wildman–Crippen MR) is 102 cm³/mol. The first-order valence-electron chi connectivity index (χ1n) is 8.90. The highest BCUT2D eigenvalue weighted by Crippen LogP contribution is 2.17. The number of benzene rings is 1. The molecule has 0 radical (unpaired) electrons. The van der Waals surface area contributed by atoms with E-state index in [1.807, 2.05) is 41.3 Å². The molecule has 5 nitrogen and oxygen atoms in total. The Labute approximate surface area is 153 Å². The molecule has 1 fully saturated rings. The van der Waals surface area contributed by atoms with Gasteiger partial charge in [0, 0.05) is 25.5 Å². The van der Waals surface area contributed by atoms with Crippen molar-refractivity contribution < 1.29 is 4.79 Å². The number of hydrogen-bond acceptors (Lipinski definition) is 3. The zero-order valence-corrected chi connectivity index (χ0v) is 14.7. The number of terminal acetylenes is 1. The SMILES string of the molecule is C#Cc1c(C(=O)N2CCCCCC2)nn2cccnc12.c1ccccc1. The summed E-state index contributed by atoms with van der Waals surface area (Å²) in [5, 5.41) is 4.31. The third kappa shape index (κ3) is 4.09. The van der Waals surface area contributed by atoms with Crippen molar-refractivity contribution >= 4 is 11.6 Å². The molecule has 0 spiro atoms. The number of fused-ring (bicyclic) bond motifs is 1. The maximum Gasteiger partial charge on any atom is 0.275 e. The Balaban J connectivity index is 0.000000278. The maximum absolute atomic E-state index is 12.6. The molecule has 3 aromatic rings. The fraction of sp³-hybridized carbons (Fsp3) is 0.286. The van der Waals surface area contributed by atoms with Crippen LogP contribution in [-0.4, -0.2) is 38.5 Å². The molecule has 0 N–H and O–H groups in total. The topological polar surface area (TPSA) is 50.5 Å². The van der Waals surface area contributed by atoms with Crippen LogP contribution in [0.25, 0.3) is 5.65 Å². The zero-order chi connectivity index (χ0) is 18.2. The Kier molecular flexibility index (Phi) is 6.00. The van der Waals surface area contributed by atoms with Crippen LogP contribution in [-0.2, 0) is 0 Å².